The average Bonchev–Trinajstić information content (AvgIpc) is 2.84. The first kappa shape index (κ1) is 13.7. The Balaban J connectivity index is 2.24. The van der Waals surface area contributed by atoms with Crippen LogP contribution in [0.25, 0.3) is 0 Å². The van der Waals surface area contributed by atoms with Crippen LogP contribution in [0.3, 0.4) is 0 Å². The molecule has 19 heavy (non-hydrogen) atoms. The maximum absolute atomic E-state index is 4.35. The van der Waals surface area contributed by atoms with Crippen LogP contribution in [0.5, 0.6) is 0 Å². The summed E-state index contributed by atoms with van der Waals surface area (Å²) in [5.74, 6) is 0. The Morgan fingerprint density at radius 1 is 1.26 bits per heavy atom. The van der Waals surface area contributed by atoms with Gasteiger partial charge in [-0.2, -0.15) is 0 Å². The van der Waals surface area contributed by atoms with E-state index in [1.54, 1.807) is 11.3 Å². The molecule has 0 bridgehead atoms. The quantitative estimate of drug-likeness (QED) is 0.616. The molecule has 0 aliphatic carbocycles. The Morgan fingerprint density at radius 2 is 2.05 bits per heavy atom. The van der Waals surface area contributed by atoms with Crippen molar-refractivity contribution in [2.45, 2.75) is 20.4 Å². The first-order chi connectivity index (χ1) is 9.11. The van der Waals surface area contributed by atoms with E-state index in [-0.39, 0.29) is 0 Å². The van der Waals surface area contributed by atoms with E-state index in [1.807, 2.05) is 31.7 Å². The zero-order chi connectivity index (χ0) is 13.8. The Labute approximate surface area is 118 Å². The molecule has 1 aromatic heterocycles. The van der Waals surface area contributed by atoms with Gasteiger partial charge in [0.25, 0.3) is 0 Å². The van der Waals surface area contributed by atoms with Gasteiger partial charge in [-0.15, -0.1) is 0 Å². The summed E-state index contributed by atoms with van der Waals surface area (Å²) in [6, 6.07) is 6.19. The van der Waals surface area contributed by atoms with E-state index >= 15 is 0 Å². The highest BCUT2D eigenvalue weighted by molar-refractivity contribution is 7.12. The lowest BCUT2D eigenvalue weighted by molar-refractivity contribution is -0.676. The molecule has 1 aromatic carbocycles. The number of azo groups is 1. The molecule has 0 aliphatic rings. The molecular weight excluding hydrogens is 256 g/mol. The van der Waals surface area contributed by atoms with Crippen LogP contribution >= 0.6 is 11.3 Å². The Hall–Kier alpha value is -1.75. The number of aryl methyl sites for hydroxylation is 2. The van der Waals surface area contributed by atoms with Crippen molar-refractivity contribution in [3.05, 3.63) is 35.3 Å². The Kier molecular flexibility index (Phi) is 4.27. The van der Waals surface area contributed by atoms with Crippen molar-refractivity contribution in [2.75, 3.05) is 19.0 Å². The summed E-state index contributed by atoms with van der Waals surface area (Å²) in [6.45, 7) is 5.07. The SMILES string of the molecule is CC[n+]1ccsc1/N=N/c1ccc(N(C)C)cc1C. The van der Waals surface area contributed by atoms with Crippen LogP contribution in [0.15, 0.2) is 40.0 Å². The Morgan fingerprint density at radius 3 is 2.68 bits per heavy atom. The van der Waals surface area contributed by atoms with Gasteiger partial charge >= 0.3 is 5.13 Å². The van der Waals surface area contributed by atoms with Gasteiger partial charge in [-0.05, 0) is 54.1 Å². The van der Waals surface area contributed by atoms with Gasteiger partial charge in [0, 0.05) is 25.2 Å². The van der Waals surface area contributed by atoms with Crippen LogP contribution in [0.2, 0.25) is 0 Å². The van der Waals surface area contributed by atoms with E-state index in [2.05, 4.69) is 45.7 Å². The molecule has 5 heteroatoms. The second kappa shape index (κ2) is 5.93. The highest BCUT2D eigenvalue weighted by Gasteiger charge is 2.10. The van der Waals surface area contributed by atoms with Gasteiger partial charge in [0.1, 0.15) is 11.9 Å². The largest absolute Gasteiger partial charge is 0.408 e. The molecule has 0 aliphatic heterocycles. The van der Waals surface area contributed by atoms with E-state index in [0.717, 1.165) is 22.9 Å². The molecule has 2 aromatic rings. The molecule has 100 valence electrons. The topological polar surface area (TPSA) is 31.8 Å². The molecule has 0 unspecified atom stereocenters. The summed E-state index contributed by atoms with van der Waals surface area (Å²) in [7, 11) is 4.07. The standard InChI is InChI=1S/C14H19N4S/c1-5-18-8-9-19-14(18)16-15-13-7-6-12(17(3)4)10-11(13)2/h6-10H,5H2,1-4H3/q+1. The summed E-state index contributed by atoms with van der Waals surface area (Å²) in [5.41, 5.74) is 3.23. The fourth-order valence-corrected chi connectivity index (χ4v) is 2.49. The number of thiazole rings is 1. The highest BCUT2D eigenvalue weighted by atomic mass is 32.1. The lowest BCUT2D eigenvalue weighted by Gasteiger charge is -2.12. The molecule has 0 saturated heterocycles. The fraction of sp³-hybridized carbons (Fsp3) is 0.357. The van der Waals surface area contributed by atoms with Crippen LogP contribution < -0.4 is 9.47 Å². The van der Waals surface area contributed by atoms with E-state index in [4.69, 9.17) is 0 Å². The maximum atomic E-state index is 4.35. The smallest absolute Gasteiger partial charge is 0.378 e. The van der Waals surface area contributed by atoms with Gasteiger partial charge in [-0.25, -0.2) is 4.57 Å². The number of hydrogen-bond acceptors (Lipinski definition) is 4. The predicted molar refractivity (Wildman–Crippen MR) is 79.9 cm³/mol. The van der Waals surface area contributed by atoms with Crippen molar-refractivity contribution in [1.82, 2.24) is 0 Å². The van der Waals surface area contributed by atoms with Gasteiger partial charge in [-0.1, -0.05) is 0 Å². The van der Waals surface area contributed by atoms with Gasteiger partial charge in [0.05, 0.1) is 11.7 Å². The second-order valence-corrected chi connectivity index (χ2v) is 5.41. The number of anilines is 1. The van der Waals surface area contributed by atoms with Crippen LogP contribution in [0.1, 0.15) is 12.5 Å². The third-order valence-corrected chi connectivity index (χ3v) is 3.73. The fourth-order valence-electron chi connectivity index (χ4n) is 1.74. The van der Waals surface area contributed by atoms with Crippen molar-refractivity contribution in [2.24, 2.45) is 10.2 Å². The number of nitrogens with zero attached hydrogens (tertiary/aromatic N) is 4. The molecule has 4 nitrogen and oxygen atoms in total. The first-order valence-corrected chi connectivity index (χ1v) is 7.16. The van der Waals surface area contributed by atoms with E-state index in [9.17, 15) is 0 Å². The molecule has 0 radical (unpaired) electrons. The monoisotopic (exact) mass is 275 g/mol. The normalized spacial score (nSPS) is 11.2. The number of aromatic nitrogens is 1. The molecule has 2 rings (SSSR count). The minimum absolute atomic E-state index is 0.913. The summed E-state index contributed by atoms with van der Waals surface area (Å²) in [4.78, 5) is 2.08. The summed E-state index contributed by atoms with van der Waals surface area (Å²) in [5, 5.41) is 11.6. The van der Waals surface area contributed by atoms with E-state index in [1.165, 1.54) is 5.69 Å². The lowest BCUT2D eigenvalue weighted by atomic mass is 10.2. The van der Waals surface area contributed by atoms with Crippen LogP contribution in [0.4, 0.5) is 16.5 Å². The minimum Gasteiger partial charge on any atom is -0.378 e. The molecule has 0 saturated carbocycles. The summed E-state index contributed by atoms with van der Waals surface area (Å²) in [6.07, 6.45) is 2.03. The molecular formula is C14H19N4S+. The van der Waals surface area contributed by atoms with Gasteiger partial charge in [0.2, 0.25) is 0 Å². The van der Waals surface area contributed by atoms with Crippen LogP contribution in [0, 0.1) is 6.92 Å². The van der Waals surface area contributed by atoms with Crippen LogP contribution in [-0.2, 0) is 6.54 Å². The van der Waals surface area contributed by atoms with Crippen molar-refractivity contribution < 1.29 is 4.57 Å². The number of benzene rings is 1. The maximum Gasteiger partial charge on any atom is 0.408 e. The average molecular weight is 275 g/mol. The molecule has 1 heterocycles. The molecule has 0 amide bonds. The van der Waals surface area contributed by atoms with Gasteiger partial charge < -0.3 is 4.90 Å². The summed E-state index contributed by atoms with van der Waals surface area (Å²) >= 11 is 1.60. The van der Waals surface area contributed by atoms with Gasteiger partial charge in [-0.3, -0.25) is 0 Å². The van der Waals surface area contributed by atoms with Crippen molar-refractivity contribution >= 4 is 27.8 Å². The lowest BCUT2D eigenvalue weighted by Crippen LogP contribution is -2.28. The molecule has 0 atom stereocenters. The van der Waals surface area contributed by atoms with Gasteiger partial charge in [0.15, 0.2) is 0 Å². The predicted octanol–water partition coefficient (Wildman–Crippen LogP) is 3.85. The molecule has 0 spiro atoms. The number of hydrogen-bond donors (Lipinski definition) is 0. The first-order valence-electron chi connectivity index (χ1n) is 6.28. The summed E-state index contributed by atoms with van der Waals surface area (Å²) < 4.78 is 2.08. The number of rotatable bonds is 4. The third-order valence-electron chi connectivity index (χ3n) is 2.94. The van der Waals surface area contributed by atoms with Crippen molar-refractivity contribution in [1.29, 1.82) is 0 Å². The van der Waals surface area contributed by atoms with Crippen molar-refractivity contribution in [3.63, 3.8) is 0 Å². The van der Waals surface area contributed by atoms with Crippen LogP contribution in [-0.4, -0.2) is 14.1 Å². The van der Waals surface area contributed by atoms with E-state index < -0.39 is 0 Å². The highest BCUT2D eigenvalue weighted by Crippen LogP contribution is 2.25. The molecule has 0 fully saturated rings. The zero-order valence-corrected chi connectivity index (χ0v) is 12.6. The Bertz CT molecular complexity index is 587. The zero-order valence-electron chi connectivity index (χ0n) is 11.8. The minimum atomic E-state index is 0.913. The molecule has 0 N–H and O–H groups in total. The van der Waals surface area contributed by atoms with E-state index in [0.29, 0.717) is 0 Å². The second-order valence-electron chi connectivity index (χ2n) is 4.54. The van der Waals surface area contributed by atoms with Crippen molar-refractivity contribution in [3.8, 4) is 0 Å². The third kappa shape index (κ3) is 3.17.